The first-order valence-corrected chi connectivity index (χ1v) is 5.92. The van der Waals surface area contributed by atoms with Gasteiger partial charge in [-0.05, 0) is 6.07 Å². The molecule has 0 atom stereocenters. The van der Waals surface area contributed by atoms with Gasteiger partial charge in [-0.1, -0.05) is 42.1 Å². The lowest BCUT2D eigenvalue weighted by Crippen LogP contribution is -2.02. The van der Waals surface area contributed by atoms with Crippen molar-refractivity contribution >= 4 is 23.0 Å². The lowest BCUT2D eigenvalue weighted by Gasteiger charge is -2.07. The number of para-hydroxylation sites is 1. The number of hydrogen-bond donors (Lipinski definition) is 0. The van der Waals surface area contributed by atoms with Crippen LogP contribution in [-0.4, -0.2) is 17.5 Å². The van der Waals surface area contributed by atoms with Crippen molar-refractivity contribution in [1.82, 2.24) is 0 Å². The molecule has 0 bridgehead atoms. The highest BCUT2D eigenvalue weighted by Gasteiger charge is 2.06. The Labute approximate surface area is 103 Å². The minimum absolute atomic E-state index is 0.0202. The van der Waals surface area contributed by atoms with Gasteiger partial charge >= 0.3 is 6.61 Å². The van der Waals surface area contributed by atoms with Crippen molar-refractivity contribution in [2.45, 2.75) is 13.5 Å². The molecule has 1 rings (SSSR count). The number of halogens is 2. The molecule has 17 heavy (non-hydrogen) atoms. The van der Waals surface area contributed by atoms with Crippen LogP contribution < -0.4 is 4.74 Å². The Morgan fingerprint density at radius 1 is 1.47 bits per heavy atom. The van der Waals surface area contributed by atoms with Crippen molar-refractivity contribution in [1.29, 1.82) is 0 Å². The van der Waals surface area contributed by atoms with Crippen molar-refractivity contribution in [2.75, 3.05) is 5.75 Å². The number of hydrogen-bond acceptors (Lipinski definition) is 3. The second kappa shape index (κ2) is 7.06. The van der Waals surface area contributed by atoms with Gasteiger partial charge in [-0.15, -0.1) is 0 Å². The largest absolute Gasteiger partial charge is 0.434 e. The molecule has 2 nitrogen and oxygen atoms in total. The van der Waals surface area contributed by atoms with Crippen molar-refractivity contribution in [3.63, 3.8) is 0 Å². The zero-order valence-corrected chi connectivity index (χ0v) is 10.0. The molecule has 0 fully saturated rings. The van der Waals surface area contributed by atoms with Crippen LogP contribution in [0.1, 0.15) is 12.5 Å². The highest BCUT2D eigenvalue weighted by molar-refractivity contribution is 8.13. The third kappa shape index (κ3) is 5.49. The monoisotopic (exact) mass is 258 g/mol. The average molecular weight is 258 g/mol. The predicted molar refractivity (Wildman–Crippen MR) is 65.2 cm³/mol. The molecule has 1 aromatic carbocycles. The zero-order chi connectivity index (χ0) is 12.7. The van der Waals surface area contributed by atoms with E-state index in [9.17, 15) is 13.6 Å². The molecule has 0 aliphatic carbocycles. The Balaban J connectivity index is 2.66. The second-order valence-electron chi connectivity index (χ2n) is 3.12. The van der Waals surface area contributed by atoms with E-state index >= 15 is 0 Å². The van der Waals surface area contributed by atoms with Gasteiger partial charge in [0.25, 0.3) is 0 Å². The van der Waals surface area contributed by atoms with Crippen molar-refractivity contribution < 1.29 is 18.3 Å². The maximum Gasteiger partial charge on any atom is 0.387 e. The molecule has 0 heterocycles. The first kappa shape index (κ1) is 13.7. The van der Waals surface area contributed by atoms with Gasteiger partial charge in [0.15, 0.2) is 5.12 Å². The quantitative estimate of drug-likeness (QED) is 0.807. The molecular formula is C12H12F2O2S. The van der Waals surface area contributed by atoms with Crippen LogP contribution in [0.2, 0.25) is 0 Å². The molecule has 0 amide bonds. The number of thioether (sulfide) groups is 1. The number of carbonyl (C=O) groups is 1. The van der Waals surface area contributed by atoms with Crippen molar-refractivity contribution in [3.8, 4) is 5.75 Å². The molecule has 92 valence electrons. The normalized spacial score (nSPS) is 11.1. The summed E-state index contributed by atoms with van der Waals surface area (Å²) in [5.41, 5.74) is 0.567. The van der Waals surface area contributed by atoms with Crippen LogP contribution in [-0.2, 0) is 4.79 Å². The Morgan fingerprint density at radius 3 is 2.82 bits per heavy atom. The van der Waals surface area contributed by atoms with Crippen LogP contribution in [0.3, 0.4) is 0 Å². The topological polar surface area (TPSA) is 26.3 Å². The van der Waals surface area contributed by atoms with Gasteiger partial charge < -0.3 is 4.74 Å². The number of rotatable bonds is 5. The summed E-state index contributed by atoms with van der Waals surface area (Å²) in [5.74, 6) is 0.643. The third-order valence-corrected chi connectivity index (χ3v) is 2.58. The smallest absolute Gasteiger partial charge is 0.387 e. The SMILES string of the molecule is CC(=O)SCC=Cc1ccccc1OC(F)F. The summed E-state index contributed by atoms with van der Waals surface area (Å²) in [5, 5.41) is 0.0202. The third-order valence-electron chi connectivity index (χ3n) is 1.82. The summed E-state index contributed by atoms with van der Waals surface area (Å²) in [7, 11) is 0. The van der Waals surface area contributed by atoms with Crippen LogP contribution in [0.4, 0.5) is 8.78 Å². The van der Waals surface area contributed by atoms with Crippen molar-refractivity contribution in [2.24, 2.45) is 0 Å². The van der Waals surface area contributed by atoms with E-state index in [1.165, 1.54) is 13.0 Å². The molecule has 0 aliphatic rings. The molecule has 5 heteroatoms. The fourth-order valence-electron chi connectivity index (χ4n) is 1.16. The Bertz CT molecular complexity index is 405. The minimum atomic E-state index is -2.84. The van der Waals surface area contributed by atoms with Gasteiger partial charge in [0, 0.05) is 18.2 Å². The van der Waals surface area contributed by atoms with Gasteiger partial charge in [0.05, 0.1) is 0 Å². The van der Waals surface area contributed by atoms with Crippen molar-refractivity contribution in [3.05, 3.63) is 35.9 Å². The van der Waals surface area contributed by atoms with E-state index < -0.39 is 6.61 Å². The summed E-state index contributed by atoms with van der Waals surface area (Å²) in [6.07, 6.45) is 3.40. The van der Waals surface area contributed by atoms with E-state index in [4.69, 9.17) is 0 Å². The number of carbonyl (C=O) groups excluding carboxylic acids is 1. The minimum Gasteiger partial charge on any atom is -0.434 e. The van der Waals surface area contributed by atoms with E-state index in [0.29, 0.717) is 11.3 Å². The van der Waals surface area contributed by atoms with Crippen LogP contribution in [0.25, 0.3) is 6.08 Å². The summed E-state index contributed by atoms with van der Waals surface area (Å²) in [4.78, 5) is 10.7. The molecule has 0 unspecified atom stereocenters. The molecular weight excluding hydrogens is 246 g/mol. The van der Waals surface area contributed by atoms with E-state index in [0.717, 1.165) is 11.8 Å². The van der Waals surface area contributed by atoms with Gasteiger partial charge in [-0.2, -0.15) is 8.78 Å². The Morgan fingerprint density at radius 2 is 2.18 bits per heavy atom. The predicted octanol–water partition coefficient (Wildman–Crippen LogP) is 3.58. The first-order valence-electron chi connectivity index (χ1n) is 4.93. The Hall–Kier alpha value is -1.36. The first-order chi connectivity index (χ1) is 8.09. The Kier molecular flexibility index (Phi) is 5.69. The molecule has 0 saturated heterocycles. The maximum atomic E-state index is 12.1. The molecule has 1 aromatic rings. The molecule has 0 aromatic heterocycles. The van der Waals surface area contributed by atoms with Gasteiger partial charge in [0.1, 0.15) is 5.75 Å². The zero-order valence-electron chi connectivity index (χ0n) is 9.23. The summed E-state index contributed by atoms with van der Waals surface area (Å²) in [6.45, 7) is -1.36. The highest BCUT2D eigenvalue weighted by Crippen LogP contribution is 2.21. The van der Waals surface area contributed by atoms with Gasteiger partial charge in [-0.3, -0.25) is 4.79 Å². The number of ether oxygens (including phenoxy) is 1. The van der Waals surface area contributed by atoms with Gasteiger partial charge in [-0.25, -0.2) is 0 Å². The molecule has 0 aliphatic heterocycles. The van der Waals surface area contributed by atoms with E-state index in [-0.39, 0.29) is 10.9 Å². The van der Waals surface area contributed by atoms with Crippen LogP contribution in [0.15, 0.2) is 30.3 Å². The molecule has 0 spiro atoms. The lowest BCUT2D eigenvalue weighted by molar-refractivity contribution is -0.109. The standard InChI is InChI=1S/C12H12F2O2S/c1-9(15)17-8-4-6-10-5-2-3-7-11(10)16-12(13)14/h2-7,12H,8H2,1H3. The summed E-state index contributed by atoms with van der Waals surface area (Å²) >= 11 is 1.16. The summed E-state index contributed by atoms with van der Waals surface area (Å²) < 4.78 is 28.6. The van der Waals surface area contributed by atoms with Gasteiger partial charge in [0.2, 0.25) is 0 Å². The van der Waals surface area contributed by atoms with Crippen LogP contribution in [0, 0.1) is 0 Å². The van der Waals surface area contributed by atoms with E-state index in [1.54, 1.807) is 30.4 Å². The van der Waals surface area contributed by atoms with Crippen LogP contribution in [0.5, 0.6) is 5.75 Å². The molecule has 0 radical (unpaired) electrons. The fourth-order valence-corrected chi connectivity index (χ4v) is 1.59. The molecule has 0 saturated carbocycles. The maximum absolute atomic E-state index is 12.1. The van der Waals surface area contributed by atoms with E-state index in [2.05, 4.69) is 4.74 Å². The van der Waals surface area contributed by atoms with E-state index in [1.807, 2.05) is 0 Å². The second-order valence-corrected chi connectivity index (χ2v) is 4.32. The van der Waals surface area contributed by atoms with Crippen LogP contribution >= 0.6 is 11.8 Å². The number of benzene rings is 1. The summed E-state index contributed by atoms with van der Waals surface area (Å²) in [6, 6.07) is 6.51. The number of alkyl halides is 2. The molecule has 0 N–H and O–H groups in total. The fraction of sp³-hybridized carbons (Fsp3) is 0.250. The lowest BCUT2D eigenvalue weighted by atomic mass is 10.2. The highest BCUT2D eigenvalue weighted by atomic mass is 32.2. The average Bonchev–Trinajstić information content (AvgIpc) is 2.25.